The summed E-state index contributed by atoms with van der Waals surface area (Å²) in [6.07, 6.45) is 5.36. The van der Waals surface area contributed by atoms with Gasteiger partial charge in [-0.05, 0) is 79.8 Å². The first-order valence-corrected chi connectivity index (χ1v) is 16.1. The standard InChI is InChI=1S/C40H37FN4O/c1-5-11-34-40(39-26(3)13-9-14-27(39)4)36(12-6-2)45(43-34)29-15-10-16-30(24-29)46-31-19-20-33-32-17-7-8-18-35(32)44(37(33)25-31)38-23-28(41)21-22-42-38/h7-10,13-25H,5-6,11-12H2,1-4H3. The Morgan fingerprint density at radius 3 is 2.22 bits per heavy atom. The third-order valence-electron chi connectivity index (χ3n) is 8.64. The van der Waals surface area contributed by atoms with Gasteiger partial charge in [-0.3, -0.25) is 4.57 Å². The Hall–Kier alpha value is -5.23. The van der Waals surface area contributed by atoms with Crippen LogP contribution in [0.3, 0.4) is 0 Å². The summed E-state index contributed by atoms with van der Waals surface area (Å²) in [5, 5.41) is 7.35. The van der Waals surface area contributed by atoms with Crippen molar-refractivity contribution in [3.63, 3.8) is 0 Å². The molecule has 7 rings (SSSR count). The van der Waals surface area contributed by atoms with Gasteiger partial charge < -0.3 is 4.74 Å². The van der Waals surface area contributed by atoms with E-state index >= 15 is 0 Å². The Morgan fingerprint density at radius 1 is 0.696 bits per heavy atom. The average molecular weight is 609 g/mol. The molecule has 230 valence electrons. The average Bonchev–Trinajstić information content (AvgIpc) is 3.57. The van der Waals surface area contributed by atoms with E-state index in [0.717, 1.165) is 58.9 Å². The second-order valence-electron chi connectivity index (χ2n) is 11.9. The highest BCUT2D eigenvalue weighted by molar-refractivity contribution is 6.09. The van der Waals surface area contributed by atoms with Crippen molar-refractivity contribution < 1.29 is 9.13 Å². The summed E-state index contributed by atoms with van der Waals surface area (Å²) in [5.74, 6) is 1.59. The summed E-state index contributed by atoms with van der Waals surface area (Å²) >= 11 is 0. The Kier molecular flexibility index (Phi) is 7.87. The van der Waals surface area contributed by atoms with Crippen molar-refractivity contribution in [2.24, 2.45) is 0 Å². The zero-order valence-electron chi connectivity index (χ0n) is 26.7. The van der Waals surface area contributed by atoms with Crippen LogP contribution in [0.15, 0.2) is 103 Å². The van der Waals surface area contributed by atoms with E-state index in [1.54, 1.807) is 0 Å². The second-order valence-corrected chi connectivity index (χ2v) is 11.9. The largest absolute Gasteiger partial charge is 0.457 e. The number of fused-ring (bicyclic) bond motifs is 3. The van der Waals surface area contributed by atoms with Crippen LogP contribution < -0.4 is 4.74 Å². The lowest BCUT2D eigenvalue weighted by atomic mass is 9.91. The quantitative estimate of drug-likeness (QED) is 0.164. The van der Waals surface area contributed by atoms with Gasteiger partial charge in [-0.25, -0.2) is 14.1 Å². The van der Waals surface area contributed by atoms with E-state index in [0.29, 0.717) is 17.3 Å². The number of benzene rings is 4. The smallest absolute Gasteiger partial charge is 0.140 e. The van der Waals surface area contributed by atoms with Gasteiger partial charge in [-0.15, -0.1) is 0 Å². The first-order valence-electron chi connectivity index (χ1n) is 16.1. The number of para-hydroxylation sites is 1. The van der Waals surface area contributed by atoms with Crippen LogP contribution in [0.5, 0.6) is 11.5 Å². The van der Waals surface area contributed by atoms with Gasteiger partial charge in [0.2, 0.25) is 0 Å². The molecule has 0 N–H and O–H groups in total. The molecule has 5 nitrogen and oxygen atoms in total. The minimum atomic E-state index is -0.330. The van der Waals surface area contributed by atoms with E-state index in [-0.39, 0.29) is 5.82 Å². The van der Waals surface area contributed by atoms with Gasteiger partial charge in [0.15, 0.2) is 0 Å². The molecular formula is C40H37FN4O. The number of nitrogens with zero attached hydrogens (tertiary/aromatic N) is 4. The summed E-state index contributed by atoms with van der Waals surface area (Å²) in [4.78, 5) is 4.49. The number of hydrogen-bond acceptors (Lipinski definition) is 3. The third-order valence-corrected chi connectivity index (χ3v) is 8.64. The topological polar surface area (TPSA) is 44.9 Å². The lowest BCUT2D eigenvalue weighted by Gasteiger charge is -2.14. The minimum absolute atomic E-state index is 0.330. The summed E-state index contributed by atoms with van der Waals surface area (Å²) in [7, 11) is 0. The van der Waals surface area contributed by atoms with Gasteiger partial charge in [0.05, 0.1) is 28.1 Å². The fourth-order valence-electron chi connectivity index (χ4n) is 6.69. The lowest BCUT2D eigenvalue weighted by molar-refractivity contribution is 0.482. The fraction of sp³-hybridized carbons (Fsp3) is 0.200. The number of ether oxygens (including phenoxy) is 1. The molecule has 4 aromatic carbocycles. The van der Waals surface area contributed by atoms with Crippen LogP contribution in [-0.4, -0.2) is 19.3 Å². The first kappa shape index (κ1) is 29.5. The van der Waals surface area contributed by atoms with Crippen LogP contribution in [0.2, 0.25) is 0 Å². The predicted molar refractivity (Wildman–Crippen MR) is 185 cm³/mol. The molecule has 0 spiro atoms. The molecular weight excluding hydrogens is 571 g/mol. The summed E-state index contributed by atoms with van der Waals surface area (Å²) in [6.45, 7) is 8.82. The second kappa shape index (κ2) is 12.3. The number of pyridine rings is 1. The predicted octanol–water partition coefficient (Wildman–Crippen LogP) is 10.5. The number of aryl methyl sites for hydroxylation is 3. The highest BCUT2D eigenvalue weighted by Crippen LogP contribution is 2.38. The number of hydrogen-bond donors (Lipinski definition) is 0. The van der Waals surface area contributed by atoms with Crippen molar-refractivity contribution in [1.29, 1.82) is 0 Å². The van der Waals surface area contributed by atoms with Gasteiger partial charge in [0.1, 0.15) is 23.1 Å². The summed E-state index contributed by atoms with van der Waals surface area (Å²) < 4.78 is 24.9. The molecule has 0 saturated heterocycles. The molecule has 0 saturated carbocycles. The zero-order valence-corrected chi connectivity index (χ0v) is 26.7. The zero-order chi connectivity index (χ0) is 31.8. The molecule has 0 fully saturated rings. The van der Waals surface area contributed by atoms with Crippen molar-refractivity contribution >= 4 is 21.8 Å². The maximum atomic E-state index is 14.3. The first-order chi connectivity index (χ1) is 22.5. The molecule has 0 unspecified atom stereocenters. The minimum Gasteiger partial charge on any atom is -0.457 e. The van der Waals surface area contributed by atoms with Crippen LogP contribution in [0.1, 0.15) is 49.2 Å². The molecule has 3 heterocycles. The van der Waals surface area contributed by atoms with E-state index in [1.807, 2.05) is 47.0 Å². The Bertz CT molecular complexity index is 2190. The Balaban J connectivity index is 1.32. The van der Waals surface area contributed by atoms with E-state index in [4.69, 9.17) is 9.84 Å². The van der Waals surface area contributed by atoms with E-state index in [1.165, 1.54) is 46.3 Å². The Morgan fingerprint density at radius 2 is 1.43 bits per heavy atom. The van der Waals surface area contributed by atoms with Crippen molar-refractivity contribution in [2.45, 2.75) is 53.4 Å². The number of halogens is 1. The van der Waals surface area contributed by atoms with Crippen LogP contribution in [0.25, 0.3) is 44.4 Å². The van der Waals surface area contributed by atoms with Crippen molar-refractivity contribution in [2.75, 3.05) is 0 Å². The van der Waals surface area contributed by atoms with Gasteiger partial charge >= 0.3 is 0 Å². The van der Waals surface area contributed by atoms with Gasteiger partial charge in [0, 0.05) is 40.7 Å². The molecule has 0 bridgehead atoms. The molecule has 0 amide bonds. The van der Waals surface area contributed by atoms with Gasteiger partial charge in [-0.1, -0.05) is 69.2 Å². The lowest BCUT2D eigenvalue weighted by Crippen LogP contribution is -2.03. The normalized spacial score (nSPS) is 11.5. The van der Waals surface area contributed by atoms with Gasteiger partial charge in [-0.2, -0.15) is 5.10 Å². The molecule has 3 aromatic heterocycles. The maximum absolute atomic E-state index is 14.3. The maximum Gasteiger partial charge on any atom is 0.140 e. The Labute approximate surface area is 268 Å². The third kappa shape index (κ3) is 5.24. The van der Waals surface area contributed by atoms with E-state index < -0.39 is 0 Å². The van der Waals surface area contributed by atoms with Crippen molar-refractivity contribution in [3.8, 4) is 34.1 Å². The molecule has 7 aromatic rings. The van der Waals surface area contributed by atoms with Crippen LogP contribution in [0.4, 0.5) is 4.39 Å². The molecule has 0 aliphatic carbocycles. The molecule has 0 aliphatic heterocycles. The highest BCUT2D eigenvalue weighted by Gasteiger charge is 2.22. The summed E-state index contributed by atoms with van der Waals surface area (Å²) in [5.41, 5.74) is 10.3. The van der Waals surface area contributed by atoms with E-state index in [9.17, 15) is 4.39 Å². The van der Waals surface area contributed by atoms with Crippen molar-refractivity contribution in [3.05, 3.63) is 132 Å². The highest BCUT2D eigenvalue weighted by atomic mass is 19.1. The summed E-state index contributed by atoms with van der Waals surface area (Å²) in [6, 6.07) is 31.6. The number of aromatic nitrogens is 4. The van der Waals surface area contributed by atoms with E-state index in [2.05, 4.69) is 79.8 Å². The molecule has 0 aliphatic rings. The van der Waals surface area contributed by atoms with Gasteiger partial charge in [0.25, 0.3) is 0 Å². The molecule has 6 heteroatoms. The monoisotopic (exact) mass is 608 g/mol. The molecule has 46 heavy (non-hydrogen) atoms. The van der Waals surface area contributed by atoms with Crippen LogP contribution in [-0.2, 0) is 12.8 Å². The fourth-order valence-corrected chi connectivity index (χ4v) is 6.69. The molecule has 0 radical (unpaired) electrons. The SMILES string of the molecule is CCCc1nn(-c2cccc(Oc3ccc4c5ccccc5n(-c5cc(F)ccn5)c4c3)c2)c(CCC)c1-c1c(C)cccc1C. The number of rotatable bonds is 9. The van der Waals surface area contributed by atoms with Crippen LogP contribution >= 0.6 is 0 Å². The van der Waals surface area contributed by atoms with Crippen LogP contribution in [0, 0.1) is 19.7 Å². The van der Waals surface area contributed by atoms with Crippen molar-refractivity contribution in [1.82, 2.24) is 19.3 Å². The molecule has 0 atom stereocenters.